The molecule has 0 radical (unpaired) electrons. The van der Waals surface area contributed by atoms with Crippen LogP contribution in [0.3, 0.4) is 0 Å². The fraction of sp³-hybridized carbons (Fsp3) is 0.455. The van der Waals surface area contributed by atoms with E-state index in [1.165, 1.54) is 62.6 Å². The van der Waals surface area contributed by atoms with E-state index >= 15 is 0 Å². The summed E-state index contributed by atoms with van der Waals surface area (Å²) in [6, 6.07) is 0. The third-order valence-electron chi connectivity index (χ3n) is 11.0. The number of ether oxygens (including phenoxy) is 8. The first kappa shape index (κ1) is 45.6. The summed E-state index contributed by atoms with van der Waals surface area (Å²) in [5, 5.41) is 0. The molecule has 12 rings (SSSR count). The van der Waals surface area contributed by atoms with Gasteiger partial charge in [-0.05, 0) is 0 Å². The van der Waals surface area contributed by atoms with Crippen molar-refractivity contribution in [2.24, 2.45) is 10.8 Å². The molecule has 12 heterocycles. The Bertz CT molecular complexity index is 2640. The van der Waals surface area contributed by atoms with Gasteiger partial charge in [0.05, 0.1) is 0 Å². The quantitative estimate of drug-likeness (QED) is 0.113. The second kappa shape index (κ2) is 18.3. The van der Waals surface area contributed by atoms with Crippen LogP contribution in [0, 0.1) is 10.8 Å². The normalized spacial score (nSPS) is 19.2. The summed E-state index contributed by atoms with van der Waals surface area (Å²) in [7, 11) is 0. The van der Waals surface area contributed by atoms with E-state index in [2.05, 4.69) is 87.3 Å². The van der Waals surface area contributed by atoms with Crippen molar-refractivity contribution in [1.82, 2.24) is 0 Å². The molecule has 6 aliphatic rings. The predicted molar refractivity (Wildman–Crippen MR) is 273 cm³/mol. The zero-order chi connectivity index (χ0) is 43.5. The van der Waals surface area contributed by atoms with E-state index in [1.54, 1.807) is 32.4 Å². The molecule has 0 saturated carbocycles. The molecule has 0 unspecified atom stereocenters. The summed E-state index contributed by atoms with van der Waals surface area (Å²) in [6.07, 6.45) is 4.33. The summed E-state index contributed by atoms with van der Waals surface area (Å²) < 4.78 is 70.2. The third kappa shape index (κ3) is 7.94. The molecule has 6 aromatic heterocycles. The van der Waals surface area contributed by atoms with Crippen LogP contribution < -0.4 is 37.9 Å². The second-order valence-electron chi connectivity index (χ2n) is 17.1. The molecule has 0 saturated heterocycles. The van der Waals surface area contributed by atoms with Crippen LogP contribution in [0.25, 0.3) is 44.4 Å². The molecule has 0 aromatic carbocycles. The molecule has 0 atom stereocenters. The van der Waals surface area contributed by atoms with Crippen LogP contribution >= 0.6 is 70.6 Å². The molecule has 64 heavy (non-hydrogen) atoms. The molecule has 0 aliphatic carbocycles. The summed E-state index contributed by atoms with van der Waals surface area (Å²) >= 11 is 12.4. The molecule has 0 bridgehead atoms. The molecule has 338 valence electrons. The van der Waals surface area contributed by atoms with Gasteiger partial charge in [0.2, 0.25) is 0 Å². The number of hydrogen-bond acceptors (Lipinski definition) is 14. The molecule has 6 aliphatic heterocycles. The van der Waals surface area contributed by atoms with Crippen LogP contribution in [0.2, 0.25) is 0 Å². The SMILES string of the molecule is CSc1[se]c(-c2[se]c(-c3[se]c(-c4[se]c(-c5[se]c(-c6[se]c(SC)c7c6OCCO7)c6c5OCC(C)(C)CO6)c5c4SCCS5)c4c3SCCS4)c3c2OCC(C)(C)CO3)c2c1OCCO2. The van der Waals surface area contributed by atoms with Gasteiger partial charge in [0.1, 0.15) is 0 Å². The molecular weight excluding hydrogens is 1320 g/mol. The molecule has 20 heteroatoms. The van der Waals surface area contributed by atoms with Crippen LogP contribution in [-0.4, -0.2) is 175 Å². The van der Waals surface area contributed by atoms with Gasteiger partial charge in [0.25, 0.3) is 0 Å². The Morgan fingerprint density at radius 1 is 0.344 bits per heavy atom. The van der Waals surface area contributed by atoms with Crippen molar-refractivity contribution >= 4 is 158 Å². The van der Waals surface area contributed by atoms with Crippen LogP contribution in [0.15, 0.2) is 27.1 Å². The Hall–Kier alpha value is 0.497. The van der Waals surface area contributed by atoms with Gasteiger partial charge in [0.15, 0.2) is 0 Å². The monoisotopic (exact) mass is 1370 g/mol. The summed E-state index contributed by atoms with van der Waals surface area (Å²) in [6.45, 7) is 13.9. The minimum absolute atomic E-state index is 0.00324. The Kier molecular flexibility index (Phi) is 13.0. The molecular formula is C44H42O8S6Se6. The zero-order valence-corrected chi connectivity index (χ0v) is 50.8. The van der Waals surface area contributed by atoms with Crippen LogP contribution in [0.1, 0.15) is 27.7 Å². The summed E-state index contributed by atoms with van der Waals surface area (Å²) in [5.41, 5.74) is -0.200. The number of rotatable bonds is 7. The minimum atomic E-state index is -0.0998. The van der Waals surface area contributed by atoms with E-state index in [0.717, 1.165) is 69.0 Å². The first-order chi connectivity index (χ1) is 31.1. The first-order valence-corrected chi connectivity index (χ1v) is 37.4. The van der Waals surface area contributed by atoms with Crippen molar-refractivity contribution in [1.29, 1.82) is 0 Å². The van der Waals surface area contributed by atoms with Crippen LogP contribution in [-0.2, 0) is 0 Å². The van der Waals surface area contributed by atoms with Crippen molar-refractivity contribution in [3.05, 3.63) is 0 Å². The molecule has 8 nitrogen and oxygen atoms in total. The van der Waals surface area contributed by atoms with Gasteiger partial charge < -0.3 is 0 Å². The second-order valence-corrected chi connectivity index (χ2v) is 37.2. The molecule has 0 spiro atoms. The number of fused-ring (bicyclic) bond motifs is 6. The first-order valence-electron chi connectivity index (χ1n) is 20.8. The van der Waals surface area contributed by atoms with Crippen molar-refractivity contribution in [3.63, 3.8) is 0 Å². The van der Waals surface area contributed by atoms with E-state index in [4.69, 9.17) is 37.9 Å². The average molecular weight is 1360 g/mol. The maximum atomic E-state index is 7.00. The Labute approximate surface area is 434 Å². The fourth-order valence-corrected chi connectivity index (χ4v) is 35.7. The summed E-state index contributed by atoms with van der Waals surface area (Å²) in [4.78, 5) is 6.08. The summed E-state index contributed by atoms with van der Waals surface area (Å²) in [5.74, 6) is 12.3. The van der Waals surface area contributed by atoms with Crippen molar-refractivity contribution < 1.29 is 37.9 Å². The van der Waals surface area contributed by atoms with E-state index in [1.807, 2.05) is 0 Å². The van der Waals surface area contributed by atoms with Crippen molar-refractivity contribution in [2.45, 2.75) is 54.8 Å². The average Bonchev–Trinajstić information content (AvgIpc) is 4.14. The standard InChI is InChI=1S/C44H42O8S6Se6/c1-43(2)15-49-19-21(51-17-43)35(59-31(19)33-23-25(41(53-5)63-33)47-9-7-45-23)37-27-29(57-13-11-55-27)39(61-37)40-30-28(56-12-14-58-30)38(62-40)36-22-20(50-16-44(3,4)18-52-22)32(60-36)34-24-26(42(54-6)64-34)48-10-8-46-24/h7-18H2,1-6H3. The van der Waals surface area contributed by atoms with Crippen molar-refractivity contribution in [2.75, 3.05) is 88.4 Å². The van der Waals surface area contributed by atoms with Gasteiger partial charge in [0, 0.05) is 0 Å². The molecule has 0 N–H and O–H groups in total. The van der Waals surface area contributed by atoms with E-state index in [0.29, 0.717) is 52.9 Å². The van der Waals surface area contributed by atoms with E-state index in [-0.39, 0.29) is 97.9 Å². The molecule has 0 amide bonds. The number of hydrogen-bond donors (Lipinski definition) is 0. The number of thioether (sulfide) groups is 6. The van der Waals surface area contributed by atoms with E-state index in [9.17, 15) is 0 Å². The fourth-order valence-electron chi connectivity index (χ4n) is 7.99. The van der Waals surface area contributed by atoms with Gasteiger partial charge in [-0.2, -0.15) is 0 Å². The Morgan fingerprint density at radius 2 is 0.594 bits per heavy atom. The van der Waals surface area contributed by atoms with Gasteiger partial charge in [-0.15, -0.1) is 0 Å². The van der Waals surface area contributed by atoms with Gasteiger partial charge >= 0.3 is 440 Å². The maximum absolute atomic E-state index is 7.00. The van der Waals surface area contributed by atoms with Gasteiger partial charge in [-0.1, -0.05) is 0 Å². The van der Waals surface area contributed by atoms with Gasteiger partial charge in [-0.3, -0.25) is 0 Å². The van der Waals surface area contributed by atoms with Gasteiger partial charge in [-0.25, -0.2) is 0 Å². The molecule has 6 aromatic rings. The molecule has 0 fully saturated rings. The third-order valence-corrected chi connectivity index (χ3v) is 38.9. The van der Waals surface area contributed by atoms with E-state index < -0.39 is 0 Å². The predicted octanol–water partition coefficient (Wildman–Crippen LogP) is 9.34. The van der Waals surface area contributed by atoms with Crippen molar-refractivity contribution in [3.8, 4) is 90.4 Å². The topological polar surface area (TPSA) is 73.8 Å². The Balaban J connectivity index is 1.03. The zero-order valence-electron chi connectivity index (χ0n) is 35.7. The van der Waals surface area contributed by atoms with Crippen LogP contribution in [0.4, 0.5) is 0 Å². The Morgan fingerprint density at radius 3 is 0.922 bits per heavy atom. The van der Waals surface area contributed by atoms with Crippen LogP contribution in [0.5, 0.6) is 46.0 Å².